The van der Waals surface area contributed by atoms with Crippen molar-refractivity contribution in [2.45, 2.75) is 25.8 Å². The SMILES string of the molecule is COc1cc(C(C)NCCCC(=O)O)ccc1O. The van der Waals surface area contributed by atoms with E-state index < -0.39 is 5.97 Å². The summed E-state index contributed by atoms with van der Waals surface area (Å²) in [6, 6.07) is 5.24. The first kappa shape index (κ1) is 14.3. The quantitative estimate of drug-likeness (QED) is 0.647. The van der Waals surface area contributed by atoms with E-state index in [0.717, 1.165) is 5.56 Å². The summed E-state index contributed by atoms with van der Waals surface area (Å²) in [5.41, 5.74) is 0.986. The first-order valence-corrected chi connectivity index (χ1v) is 5.86. The first-order valence-electron chi connectivity index (χ1n) is 5.86. The average molecular weight is 253 g/mol. The smallest absolute Gasteiger partial charge is 0.303 e. The lowest BCUT2D eigenvalue weighted by Gasteiger charge is -2.15. The van der Waals surface area contributed by atoms with Gasteiger partial charge in [0.15, 0.2) is 11.5 Å². The van der Waals surface area contributed by atoms with Crippen LogP contribution in [0.15, 0.2) is 18.2 Å². The van der Waals surface area contributed by atoms with E-state index in [2.05, 4.69) is 5.32 Å². The van der Waals surface area contributed by atoms with Gasteiger partial charge in [0.1, 0.15) is 0 Å². The average Bonchev–Trinajstić information content (AvgIpc) is 2.34. The van der Waals surface area contributed by atoms with Gasteiger partial charge in [0.2, 0.25) is 0 Å². The summed E-state index contributed by atoms with van der Waals surface area (Å²) in [6.07, 6.45) is 0.757. The van der Waals surface area contributed by atoms with Gasteiger partial charge in [0.25, 0.3) is 0 Å². The Bertz CT molecular complexity index is 406. The number of aromatic hydroxyl groups is 1. The second kappa shape index (κ2) is 6.86. The summed E-state index contributed by atoms with van der Waals surface area (Å²) in [5.74, 6) is -0.234. The molecule has 0 bridgehead atoms. The summed E-state index contributed by atoms with van der Waals surface area (Å²) in [4.78, 5) is 10.4. The number of hydrogen-bond donors (Lipinski definition) is 3. The number of nitrogens with one attached hydrogen (secondary N) is 1. The molecule has 0 aromatic heterocycles. The van der Waals surface area contributed by atoms with E-state index in [1.54, 1.807) is 12.1 Å². The number of phenolic OH excluding ortho intramolecular Hbond substituents is 1. The summed E-state index contributed by atoms with van der Waals surface area (Å²) in [5, 5.41) is 21.2. The van der Waals surface area contributed by atoms with E-state index in [4.69, 9.17) is 9.84 Å². The van der Waals surface area contributed by atoms with Crippen molar-refractivity contribution >= 4 is 5.97 Å². The molecule has 1 atom stereocenters. The van der Waals surface area contributed by atoms with E-state index in [1.807, 2.05) is 13.0 Å². The van der Waals surface area contributed by atoms with Crippen molar-refractivity contribution in [2.24, 2.45) is 0 Å². The third-order valence-corrected chi connectivity index (χ3v) is 2.72. The highest BCUT2D eigenvalue weighted by molar-refractivity contribution is 5.66. The normalized spacial score (nSPS) is 12.1. The van der Waals surface area contributed by atoms with Gasteiger partial charge in [0.05, 0.1) is 7.11 Å². The first-order chi connectivity index (χ1) is 8.54. The van der Waals surface area contributed by atoms with Gasteiger partial charge in [-0.15, -0.1) is 0 Å². The van der Waals surface area contributed by atoms with Crippen LogP contribution < -0.4 is 10.1 Å². The molecule has 1 aromatic rings. The van der Waals surface area contributed by atoms with Crippen LogP contribution in [0.2, 0.25) is 0 Å². The fourth-order valence-corrected chi connectivity index (χ4v) is 1.64. The van der Waals surface area contributed by atoms with Crippen molar-refractivity contribution in [2.75, 3.05) is 13.7 Å². The largest absolute Gasteiger partial charge is 0.504 e. The third kappa shape index (κ3) is 4.25. The molecule has 100 valence electrons. The van der Waals surface area contributed by atoms with Crippen LogP contribution in [0, 0.1) is 0 Å². The maximum atomic E-state index is 10.4. The summed E-state index contributed by atoms with van der Waals surface area (Å²) < 4.78 is 5.04. The van der Waals surface area contributed by atoms with Crippen LogP contribution in [0.1, 0.15) is 31.4 Å². The zero-order valence-electron chi connectivity index (χ0n) is 10.6. The maximum absolute atomic E-state index is 10.4. The molecular weight excluding hydrogens is 234 g/mol. The fourth-order valence-electron chi connectivity index (χ4n) is 1.64. The molecule has 0 saturated heterocycles. The van der Waals surface area contributed by atoms with Crippen LogP contribution in [0.25, 0.3) is 0 Å². The van der Waals surface area contributed by atoms with Crippen molar-refractivity contribution in [1.82, 2.24) is 5.32 Å². The Labute approximate surface area is 106 Å². The molecule has 5 heteroatoms. The topological polar surface area (TPSA) is 78.8 Å². The maximum Gasteiger partial charge on any atom is 0.303 e. The van der Waals surface area contributed by atoms with Gasteiger partial charge in [-0.3, -0.25) is 4.79 Å². The van der Waals surface area contributed by atoms with Crippen LogP contribution in [0.3, 0.4) is 0 Å². The predicted octanol–water partition coefficient (Wildman–Crippen LogP) is 1.92. The predicted molar refractivity (Wildman–Crippen MR) is 67.9 cm³/mol. The van der Waals surface area contributed by atoms with Gasteiger partial charge in [-0.25, -0.2) is 0 Å². The van der Waals surface area contributed by atoms with Gasteiger partial charge in [0, 0.05) is 12.5 Å². The molecule has 0 aliphatic rings. The monoisotopic (exact) mass is 253 g/mol. The molecule has 0 spiro atoms. The molecule has 1 aromatic carbocycles. The summed E-state index contributed by atoms with van der Waals surface area (Å²) >= 11 is 0. The molecular formula is C13H19NO4. The number of ether oxygens (including phenoxy) is 1. The Morgan fingerprint density at radius 3 is 2.83 bits per heavy atom. The lowest BCUT2D eigenvalue weighted by Crippen LogP contribution is -2.20. The van der Waals surface area contributed by atoms with Gasteiger partial charge in [-0.2, -0.15) is 0 Å². The Kier molecular flexibility index (Phi) is 5.45. The van der Waals surface area contributed by atoms with Crippen LogP contribution in [0.4, 0.5) is 0 Å². The molecule has 1 unspecified atom stereocenters. The number of carbonyl (C=O) groups is 1. The van der Waals surface area contributed by atoms with Crippen molar-refractivity contribution < 1.29 is 19.7 Å². The molecule has 0 aliphatic heterocycles. The van der Waals surface area contributed by atoms with E-state index in [9.17, 15) is 9.90 Å². The van der Waals surface area contributed by atoms with Crippen molar-refractivity contribution in [3.05, 3.63) is 23.8 Å². The molecule has 0 radical (unpaired) electrons. The number of aliphatic carboxylic acids is 1. The Morgan fingerprint density at radius 1 is 1.50 bits per heavy atom. The summed E-state index contributed by atoms with van der Waals surface area (Å²) in [6.45, 7) is 2.61. The molecule has 0 amide bonds. The lowest BCUT2D eigenvalue weighted by molar-refractivity contribution is -0.137. The number of benzene rings is 1. The highest BCUT2D eigenvalue weighted by atomic mass is 16.5. The van der Waals surface area contributed by atoms with Crippen LogP contribution >= 0.6 is 0 Å². The van der Waals surface area contributed by atoms with Gasteiger partial charge in [-0.05, 0) is 37.6 Å². The molecule has 0 aliphatic carbocycles. The Balaban J connectivity index is 2.50. The van der Waals surface area contributed by atoms with Crippen molar-refractivity contribution in [1.29, 1.82) is 0 Å². The fraction of sp³-hybridized carbons (Fsp3) is 0.462. The second-order valence-electron chi connectivity index (χ2n) is 4.10. The highest BCUT2D eigenvalue weighted by Gasteiger charge is 2.08. The summed E-state index contributed by atoms with van der Waals surface area (Å²) in [7, 11) is 1.50. The minimum atomic E-state index is -0.782. The van der Waals surface area contributed by atoms with E-state index in [-0.39, 0.29) is 18.2 Å². The third-order valence-electron chi connectivity index (χ3n) is 2.72. The van der Waals surface area contributed by atoms with Crippen LogP contribution in [0.5, 0.6) is 11.5 Å². The molecule has 5 nitrogen and oxygen atoms in total. The molecule has 18 heavy (non-hydrogen) atoms. The highest BCUT2D eigenvalue weighted by Crippen LogP contribution is 2.28. The lowest BCUT2D eigenvalue weighted by atomic mass is 10.1. The number of hydrogen-bond acceptors (Lipinski definition) is 4. The Hall–Kier alpha value is -1.75. The van der Waals surface area contributed by atoms with Crippen LogP contribution in [-0.2, 0) is 4.79 Å². The molecule has 3 N–H and O–H groups in total. The van der Waals surface area contributed by atoms with Crippen molar-refractivity contribution in [3.63, 3.8) is 0 Å². The molecule has 0 heterocycles. The van der Waals surface area contributed by atoms with E-state index in [1.165, 1.54) is 7.11 Å². The molecule has 0 fully saturated rings. The zero-order chi connectivity index (χ0) is 13.5. The number of phenols is 1. The van der Waals surface area contributed by atoms with E-state index in [0.29, 0.717) is 18.7 Å². The Morgan fingerprint density at radius 2 is 2.22 bits per heavy atom. The number of rotatable bonds is 7. The van der Waals surface area contributed by atoms with Crippen molar-refractivity contribution in [3.8, 4) is 11.5 Å². The molecule has 1 rings (SSSR count). The zero-order valence-corrected chi connectivity index (χ0v) is 10.6. The number of carboxylic acid groups (broad SMARTS) is 1. The van der Waals surface area contributed by atoms with Gasteiger partial charge < -0.3 is 20.3 Å². The second-order valence-corrected chi connectivity index (χ2v) is 4.10. The van der Waals surface area contributed by atoms with E-state index >= 15 is 0 Å². The minimum Gasteiger partial charge on any atom is -0.504 e. The minimum absolute atomic E-state index is 0.0771. The number of carboxylic acids is 1. The molecule has 0 saturated carbocycles. The van der Waals surface area contributed by atoms with Gasteiger partial charge >= 0.3 is 5.97 Å². The van der Waals surface area contributed by atoms with Gasteiger partial charge in [-0.1, -0.05) is 6.07 Å². The standard InChI is InChI=1S/C13H19NO4/c1-9(14-7-3-4-13(16)17)10-5-6-11(15)12(8-10)18-2/h5-6,8-9,14-15H,3-4,7H2,1-2H3,(H,16,17). The van der Waals surface area contributed by atoms with Crippen LogP contribution in [-0.4, -0.2) is 29.8 Å². The number of methoxy groups -OCH3 is 1.